The first-order chi connectivity index (χ1) is 8.50. The van der Waals surface area contributed by atoms with Gasteiger partial charge >= 0.3 is 0 Å². The molecule has 1 aliphatic heterocycles. The SMILES string of the molecule is CC(N)C(c1cc(Br)cs1)N1CCNC(=O)C1C. The van der Waals surface area contributed by atoms with Crippen LogP contribution >= 0.6 is 27.3 Å². The predicted molar refractivity (Wildman–Crippen MR) is 77.6 cm³/mol. The number of amides is 1. The second-order valence-corrected chi connectivity index (χ2v) is 6.53. The van der Waals surface area contributed by atoms with E-state index in [1.165, 1.54) is 4.88 Å². The third kappa shape index (κ3) is 2.77. The van der Waals surface area contributed by atoms with Crippen LogP contribution in [0.15, 0.2) is 15.9 Å². The van der Waals surface area contributed by atoms with Gasteiger partial charge in [0.05, 0.1) is 12.1 Å². The van der Waals surface area contributed by atoms with Crippen molar-refractivity contribution in [3.05, 3.63) is 20.8 Å². The summed E-state index contributed by atoms with van der Waals surface area (Å²) in [5.74, 6) is 0.0857. The van der Waals surface area contributed by atoms with Crippen LogP contribution < -0.4 is 11.1 Å². The molecule has 0 radical (unpaired) electrons. The lowest BCUT2D eigenvalue weighted by Gasteiger charge is -2.40. The number of nitrogens with zero attached hydrogens (tertiary/aromatic N) is 1. The Morgan fingerprint density at radius 3 is 2.94 bits per heavy atom. The lowest BCUT2D eigenvalue weighted by molar-refractivity contribution is -0.129. The molecule has 0 aromatic carbocycles. The summed E-state index contributed by atoms with van der Waals surface area (Å²) in [5.41, 5.74) is 6.13. The molecule has 1 aromatic rings. The highest BCUT2D eigenvalue weighted by molar-refractivity contribution is 9.10. The van der Waals surface area contributed by atoms with Crippen molar-refractivity contribution >= 4 is 33.2 Å². The highest BCUT2D eigenvalue weighted by atomic mass is 79.9. The molecule has 0 spiro atoms. The van der Waals surface area contributed by atoms with Crippen LogP contribution in [-0.4, -0.2) is 36.0 Å². The van der Waals surface area contributed by atoms with Gasteiger partial charge in [0.15, 0.2) is 0 Å². The quantitative estimate of drug-likeness (QED) is 0.886. The van der Waals surface area contributed by atoms with Gasteiger partial charge in [-0.2, -0.15) is 0 Å². The molecule has 0 bridgehead atoms. The van der Waals surface area contributed by atoms with Crippen LogP contribution in [0.1, 0.15) is 24.8 Å². The minimum atomic E-state index is -0.129. The van der Waals surface area contributed by atoms with Crippen LogP contribution in [0.2, 0.25) is 0 Å². The van der Waals surface area contributed by atoms with Gasteiger partial charge in [-0.1, -0.05) is 0 Å². The molecular formula is C12H18BrN3OS. The Hall–Kier alpha value is -0.430. The summed E-state index contributed by atoms with van der Waals surface area (Å²) in [5, 5.41) is 4.94. The number of rotatable bonds is 3. The molecule has 1 amide bonds. The molecule has 3 N–H and O–H groups in total. The minimum Gasteiger partial charge on any atom is -0.353 e. The molecule has 3 atom stereocenters. The maximum Gasteiger partial charge on any atom is 0.237 e. The molecule has 2 rings (SSSR count). The highest BCUT2D eigenvalue weighted by Gasteiger charge is 2.34. The number of hydrogen-bond acceptors (Lipinski definition) is 4. The van der Waals surface area contributed by atoms with Crippen molar-refractivity contribution in [1.82, 2.24) is 10.2 Å². The number of hydrogen-bond donors (Lipinski definition) is 2. The standard InChI is InChI=1S/C12H18BrN3OS/c1-7(14)11(10-5-9(13)6-18-10)16-4-3-15-12(17)8(16)2/h5-8,11H,3-4,14H2,1-2H3,(H,15,17). The average Bonchev–Trinajstić information content (AvgIpc) is 2.71. The van der Waals surface area contributed by atoms with E-state index in [1.807, 2.05) is 13.8 Å². The molecule has 100 valence electrons. The van der Waals surface area contributed by atoms with E-state index < -0.39 is 0 Å². The van der Waals surface area contributed by atoms with E-state index in [9.17, 15) is 4.79 Å². The van der Waals surface area contributed by atoms with Crippen molar-refractivity contribution in [2.75, 3.05) is 13.1 Å². The number of carbonyl (C=O) groups is 1. The number of thiophene rings is 1. The van der Waals surface area contributed by atoms with Gasteiger partial charge in [-0.25, -0.2) is 0 Å². The molecule has 2 heterocycles. The summed E-state index contributed by atoms with van der Waals surface area (Å²) in [6.45, 7) is 5.47. The van der Waals surface area contributed by atoms with E-state index in [1.54, 1.807) is 11.3 Å². The third-order valence-electron chi connectivity index (χ3n) is 3.28. The minimum absolute atomic E-state index is 0.0103. The molecule has 1 fully saturated rings. The first-order valence-corrected chi connectivity index (χ1v) is 7.71. The molecule has 18 heavy (non-hydrogen) atoms. The number of carbonyl (C=O) groups excluding carboxylic acids is 1. The van der Waals surface area contributed by atoms with Crippen molar-refractivity contribution in [3.8, 4) is 0 Å². The van der Waals surface area contributed by atoms with Gasteiger partial charge in [-0.15, -0.1) is 11.3 Å². The number of piperazine rings is 1. The van der Waals surface area contributed by atoms with Crippen molar-refractivity contribution in [3.63, 3.8) is 0 Å². The van der Waals surface area contributed by atoms with Gasteiger partial charge in [-0.05, 0) is 35.8 Å². The van der Waals surface area contributed by atoms with Gasteiger partial charge in [0.2, 0.25) is 5.91 Å². The zero-order valence-corrected chi connectivity index (χ0v) is 12.9. The lowest BCUT2D eigenvalue weighted by Crippen LogP contribution is -2.57. The maximum atomic E-state index is 11.8. The van der Waals surface area contributed by atoms with Crippen LogP contribution in [0.25, 0.3) is 0 Å². The smallest absolute Gasteiger partial charge is 0.237 e. The average molecular weight is 332 g/mol. The number of nitrogens with two attached hydrogens (primary N) is 1. The van der Waals surface area contributed by atoms with Crippen LogP contribution in [0, 0.1) is 0 Å². The van der Waals surface area contributed by atoms with E-state index >= 15 is 0 Å². The molecule has 0 saturated carbocycles. The van der Waals surface area contributed by atoms with Gasteiger partial charge in [0, 0.05) is 33.9 Å². The van der Waals surface area contributed by atoms with E-state index in [4.69, 9.17) is 5.73 Å². The lowest BCUT2D eigenvalue weighted by atomic mass is 10.0. The van der Waals surface area contributed by atoms with E-state index in [-0.39, 0.29) is 24.0 Å². The zero-order valence-electron chi connectivity index (χ0n) is 10.5. The topological polar surface area (TPSA) is 58.4 Å². The fourth-order valence-corrected chi connectivity index (χ4v) is 4.07. The molecule has 4 nitrogen and oxygen atoms in total. The maximum absolute atomic E-state index is 11.8. The summed E-state index contributed by atoms with van der Waals surface area (Å²) in [7, 11) is 0. The second-order valence-electron chi connectivity index (χ2n) is 4.68. The fraction of sp³-hybridized carbons (Fsp3) is 0.583. The summed E-state index contributed by atoms with van der Waals surface area (Å²) >= 11 is 5.16. The van der Waals surface area contributed by atoms with Crippen molar-refractivity contribution in [1.29, 1.82) is 0 Å². The molecule has 1 aliphatic rings. The molecule has 6 heteroatoms. The molecule has 1 saturated heterocycles. The third-order valence-corrected chi connectivity index (χ3v) is 5.04. The molecule has 3 unspecified atom stereocenters. The first-order valence-electron chi connectivity index (χ1n) is 6.03. The van der Waals surface area contributed by atoms with E-state index in [2.05, 4.69) is 37.6 Å². The van der Waals surface area contributed by atoms with Crippen molar-refractivity contribution < 1.29 is 4.79 Å². The Labute approximate surface area is 120 Å². The van der Waals surface area contributed by atoms with Crippen molar-refractivity contribution in [2.24, 2.45) is 5.73 Å². The molecular weight excluding hydrogens is 314 g/mol. The predicted octanol–water partition coefficient (Wildman–Crippen LogP) is 1.72. The van der Waals surface area contributed by atoms with Gasteiger partial charge < -0.3 is 11.1 Å². The fourth-order valence-electron chi connectivity index (χ4n) is 2.39. The monoisotopic (exact) mass is 331 g/mol. The summed E-state index contributed by atoms with van der Waals surface area (Å²) in [6.07, 6.45) is 0. The first kappa shape index (κ1) is 14.0. The Morgan fingerprint density at radius 2 is 2.39 bits per heavy atom. The Kier molecular flexibility index (Phi) is 4.42. The molecule has 0 aliphatic carbocycles. The van der Waals surface area contributed by atoms with Crippen LogP contribution in [-0.2, 0) is 4.79 Å². The Morgan fingerprint density at radius 1 is 1.67 bits per heavy atom. The van der Waals surface area contributed by atoms with E-state index in [0.717, 1.165) is 11.0 Å². The summed E-state index contributed by atoms with van der Waals surface area (Å²) in [6, 6.07) is 2.06. The number of halogens is 1. The van der Waals surface area contributed by atoms with Crippen LogP contribution in [0.5, 0.6) is 0 Å². The Balaban J connectivity index is 2.27. The Bertz CT molecular complexity index is 435. The van der Waals surface area contributed by atoms with Gasteiger partial charge in [0.1, 0.15) is 0 Å². The van der Waals surface area contributed by atoms with E-state index in [0.29, 0.717) is 6.54 Å². The zero-order chi connectivity index (χ0) is 13.3. The largest absolute Gasteiger partial charge is 0.353 e. The summed E-state index contributed by atoms with van der Waals surface area (Å²) < 4.78 is 1.07. The van der Waals surface area contributed by atoms with Crippen molar-refractivity contribution in [2.45, 2.75) is 32.0 Å². The van der Waals surface area contributed by atoms with Crippen LogP contribution in [0.4, 0.5) is 0 Å². The van der Waals surface area contributed by atoms with Gasteiger partial charge in [-0.3, -0.25) is 9.69 Å². The molecule has 1 aromatic heterocycles. The second kappa shape index (κ2) is 5.69. The van der Waals surface area contributed by atoms with Crippen LogP contribution in [0.3, 0.4) is 0 Å². The summed E-state index contributed by atoms with van der Waals surface area (Å²) in [4.78, 5) is 15.2. The normalized spacial score (nSPS) is 24.7. The van der Waals surface area contributed by atoms with Gasteiger partial charge in [0.25, 0.3) is 0 Å². The number of nitrogens with one attached hydrogen (secondary N) is 1. The highest BCUT2D eigenvalue weighted by Crippen LogP contribution is 2.32.